The topological polar surface area (TPSA) is 75.0 Å². The van der Waals surface area contributed by atoms with Crippen LogP contribution in [0, 0.1) is 0 Å². The molecule has 0 amide bonds. The van der Waals surface area contributed by atoms with Crippen molar-refractivity contribution < 1.29 is 41.0 Å². The summed E-state index contributed by atoms with van der Waals surface area (Å²) in [7, 11) is 1.19. The van der Waals surface area contributed by atoms with Gasteiger partial charge in [-0.05, 0) is 31.2 Å². The first-order valence-electron chi connectivity index (χ1n) is 8.42. The number of fused-ring (bicyclic) bond motifs is 1. The molecule has 0 unspecified atom stereocenters. The van der Waals surface area contributed by atoms with Crippen LogP contribution < -0.4 is 9.47 Å². The molecule has 0 saturated heterocycles. The molecule has 30 heavy (non-hydrogen) atoms. The number of benzene rings is 1. The molecule has 0 saturated carbocycles. The van der Waals surface area contributed by atoms with Gasteiger partial charge in [-0.3, -0.25) is 0 Å². The summed E-state index contributed by atoms with van der Waals surface area (Å²) in [5.41, 5.74) is -1.90. The molecule has 0 fully saturated rings. The smallest absolute Gasteiger partial charge is 0.433 e. The third kappa shape index (κ3) is 4.11. The summed E-state index contributed by atoms with van der Waals surface area (Å²) in [6.07, 6.45) is -3.89. The second kappa shape index (κ2) is 8.13. The number of aromatic nitrogens is 3. The maximum absolute atomic E-state index is 13.6. The number of carbonyl (C=O) groups is 1. The van der Waals surface area contributed by atoms with Crippen molar-refractivity contribution in [1.82, 2.24) is 14.6 Å². The van der Waals surface area contributed by atoms with Crippen LogP contribution in [0.25, 0.3) is 16.9 Å². The fraction of sp³-hybridized carbons (Fsp3) is 0.278. The van der Waals surface area contributed by atoms with E-state index in [4.69, 9.17) is 9.47 Å². The van der Waals surface area contributed by atoms with Gasteiger partial charge in [-0.15, -0.1) is 0 Å². The maximum atomic E-state index is 13.6. The third-order valence-electron chi connectivity index (χ3n) is 3.93. The third-order valence-corrected chi connectivity index (χ3v) is 3.93. The van der Waals surface area contributed by atoms with E-state index in [1.165, 1.54) is 19.2 Å². The highest BCUT2D eigenvalue weighted by atomic mass is 19.4. The molecule has 0 spiro atoms. The van der Waals surface area contributed by atoms with E-state index in [2.05, 4.69) is 14.8 Å². The number of rotatable bonds is 6. The Balaban J connectivity index is 2.21. The molecule has 0 atom stereocenters. The average molecular weight is 431 g/mol. The number of esters is 1. The van der Waals surface area contributed by atoms with Gasteiger partial charge in [-0.25, -0.2) is 14.3 Å². The highest BCUT2D eigenvalue weighted by molar-refractivity contribution is 5.96. The van der Waals surface area contributed by atoms with Gasteiger partial charge in [-0.2, -0.15) is 27.1 Å². The summed E-state index contributed by atoms with van der Waals surface area (Å²) in [5, 5.41) is 3.61. The summed E-state index contributed by atoms with van der Waals surface area (Å²) >= 11 is 0. The minimum absolute atomic E-state index is 0.00475. The standard InChI is InChI=1S/C18H14F5N3O4/c1-3-29-16(27)10-8-24-26-14(18(21,22)23)7-11(25-15(10)26)9-4-5-12(30-17(19)20)13(6-9)28-2/h4-8,17H,3H2,1-2H3. The van der Waals surface area contributed by atoms with Gasteiger partial charge in [0.05, 0.1) is 25.6 Å². The van der Waals surface area contributed by atoms with Crippen LogP contribution in [-0.4, -0.2) is 40.9 Å². The molecule has 1 aromatic carbocycles. The lowest BCUT2D eigenvalue weighted by molar-refractivity contribution is -0.142. The molecule has 0 aliphatic rings. The summed E-state index contributed by atoms with van der Waals surface area (Å²) < 4.78 is 80.4. The van der Waals surface area contributed by atoms with E-state index in [0.717, 1.165) is 18.3 Å². The Kier molecular flexibility index (Phi) is 5.76. The molecule has 3 aromatic rings. The fourth-order valence-corrected chi connectivity index (χ4v) is 2.69. The van der Waals surface area contributed by atoms with Gasteiger partial charge in [0.15, 0.2) is 22.8 Å². The molecule has 0 radical (unpaired) electrons. The van der Waals surface area contributed by atoms with E-state index in [0.29, 0.717) is 4.52 Å². The molecular weight excluding hydrogens is 417 g/mol. The number of ether oxygens (including phenoxy) is 3. The zero-order chi connectivity index (χ0) is 22.1. The Morgan fingerprint density at radius 1 is 1.20 bits per heavy atom. The normalized spacial score (nSPS) is 11.7. The minimum Gasteiger partial charge on any atom is -0.493 e. The first-order valence-corrected chi connectivity index (χ1v) is 8.42. The number of carbonyl (C=O) groups excluding carboxylic acids is 1. The van der Waals surface area contributed by atoms with Crippen molar-refractivity contribution in [1.29, 1.82) is 0 Å². The lowest BCUT2D eigenvalue weighted by Gasteiger charge is -2.13. The summed E-state index contributed by atoms with van der Waals surface area (Å²) in [6, 6.07) is 4.26. The van der Waals surface area contributed by atoms with Crippen LogP contribution in [-0.2, 0) is 10.9 Å². The lowest BCUT2D eigenvalue weighted by atomic mass is 10.1. The summed E-state index contributed by atoms with van der Waals surface area (Å²) in [4.78, 5) is 16.2. The average Bonchev–Trinajstić information content (AvgIpc) is 3.10. The van der Waals surface area contributed by atoms with Crippen LogP contribution in [0.3, 0.4) is 0 Å². The van der Waals surface area contributed by atoms with E-state index >= 15 is 0 Å². The second-order valence-corrected chi connectivity index (χ2v) is 5.78. The molecule has 3 rings (SSSR count). The quantitative estimate of drug-likeness (QED) is 0.430. The molecular formula is C18H14F5N3O4. The van der Waals surface area contributed by atoms with Gasteiger partial charge in [0.2, 0.25) is 0 Å². The number of methoxy groups -OCH3 is 1. The van der Waals surface area contributed by atoms with Crippen LogP contribution in [0.4, 0.5) is 22.0 Å². The van der Waals surface area contributed by atoms with E-state index in [-0.39, 0.29) is 40.6 Å². The molecule has 12 heteroatoms. The Morgan fingerprint density at radius 2 is 1.93 bits per heavy atom. The van der Waals surface area contributed by atoms with Crippen molar-refractivity contribution in [3.63, 3.8) is 0 Å². The lowest BCUT2D eigenvalue weighted by Crippen LogP contribution is -2.14. The van der Waals surface area contributed by atoms with Gasteiger partial charge in [0, 0.05) is 5.56 Å². The molecule has 0 aliphatic carbocycles. The second-order valence-electron chi connectivity index (χ2n) is 5.78. The highest BCUT2D eigenvalue weighted by Gasteiger charge is 2.36. The molecule has 2 heterocycles. The van der Waals surface area contributed by atoms with Crippen molar-refractivity contribution in [3.05, 3.63) is 41.7 Å². The Morgan fingerprint density at radius 3 is 2.53 bits per heavy atom. The zero-order valence-corrected chi connectivity index (χ0v) is 15.5. The summed E-state index contributed by atoms with van der Waals surface area (Å²) in [5.74, 6) is -1.32. The SMILES string of the molecule is CCOC(=O)c1cnn2c(C(F)(F)F)cc(-c3ccc(OC(F)F)c(OC)c3)nc12. The predicted octanol–water partition coefficient (Wildman–Crippen LogP) is 4.20. The van der Waals surface area contributed by atoms with Crippen LogP contribution in [0.15, 0.2) is 30.5 Å². The van der Waals surface area contributed by atoms with E-state index in [1.54, 1.807) is 6.92 Å². The molecule has 7 nitrogen and oxygen atoms in total. The number of hydrogen-bond acceptors (Lipinski definition) is 6. The van der Waals surface area contributed by atoms with Crippen molar-refractivity contribution in [2.24, 2.45) is 0 Å². The van der Waals surface area contributed by atoms with Crippen LogP contribution in [0.2, 0.25) is 0 Å². The molecule has 2 aromatic heterocycles. The molecule has 0 aliphatic heterocycles. The maximum Gasteiger partial charge on any atom is 0.433 e. The van der Waals surface area contributed by atoms with Crippen LogP contribution in [0.5, 0.6) is 11.5 Å². The minimum atomic E-state index is -4.82. The highest BCUT2D eigenvalue weighted by Crippen LogP contribution is 2.36. The summed E-state index contributed by atoms with van der Waals surface area (Å²) in [6.45, 7) is -1.57. The molecule has 160 valence electrons. The molecule has 0 bridgehead atoms. The van der Waals surface area contributed by atoms with E-state index in [1.807, 2.05) is 0 Å². The van der Waals surface area contributed by atoms with Gasteiger partial charge < -0.3 is 14.2 Å². The van der Waals surface area contributed by atoms with Gasteiger partial charge in [0.25, 0.3) is 0 Å². The van der Waals surface area contributed by atoms with Crippen molar-refractivity contribution in [2.45, 2.75) is 19.7 Å². The fourth-order valence-electron chi connectivity index (χ4n) is 2.69. The largest absolute Gasteiger partial charge is 0.493 e. The first kappa shape index (κ1) is 21.3. The number of hydrogen-bond donors (Lipinski definition) is 0. The van der Waals surface area contributed by atoms with Crippen molar-refractivity contribution in [2.75, 3.05) is 13.7 Å². The molecule has 0 N–H and O–H groups in total. The van der Waals surface area contributed by atoms with Crippen LogP contribution >= 0.6 is 0 Å². The Labute approximate surface area is 166 Å². The monoisotopic (exact) mass is 431 g/mol. The van der Waals surface area contributed by atoms with Crippen molar-refractivity contribution >= 4 is 11.6 Å². The van der Waals surface area contributed by atoms with Crippen LogP contribution in [0.1, 0.15) is 23.0 Å². The van der Waals surface area contributed by atoms with Crippen molar-refractivity contribution in [3.8, 4) is 22.8 Å². The van der Waals surface area contributed by atoms with Gasteiger partial charge in [0.1, 0.15) is 5.56 Å². The predicted molar refractivity (Wildman–Crippen MR) is 92.6 cm³/mol. The zero-order valence-electron chi connectivity index (χ0n) is 15.5. The van der Waals surface area contributed by atoms with Gasteiger partial charge >= 0.3 is 18.8 Å². The Hall–Kier alpha value is -3.44. The first-order chi connectivity index (χ1) is 14.2. The number of halogens is 5. The number of alkyl halides is 5. The Bertz CT molecular complexity index is 1080. The number of nitrogens with zero attached hydrogens (tertiary/aromatic N) is 3. The van der Waals surface area contributed by atoms with E-state index in [9.17, 15) is 26.7 Å². The van der Waals surface area contributed by atoms with E-state index < -0.39 is 24.5 Å². The van der Waals surface area contributed by atoms with Gasteiger partial charge in [-0.1, -0.05) is 0 Å².